The summed E-state index contributed by atoms with van der Waals surface area (Å²) in [6, 6.07) is 0.631. The lowest BCUT2D eigenvalue weighted by molar-refractivity contribution is 0.334. The van der Waals surface area contributed by atoms with E-state index in [1.165, 1.54) is 23.8 Å². The van der Waals surface area contributed by atoms with E-state index >= 15 is 0 Å². The monoisotopic (exact) mass is 182 g/mol. The van der Waals surface area contributed by atoms with Gasteiger partial charge in [0.15, 0.2) is 0 Å². The minimum atomic E-state index is -0.148. The Morgan fingerprint density at radius 2 is 2.46 bits per heavy atom. The highest BCUT2D eigenvalue weighted by atomic mass is 16.1. The van der Waals surface area contributed by atoms with E-state index in [1.807, 2.05) is 0 Å². The molecule has 0 radical (unpaired) electrons. The molecule has 0 saturated heterocycles. The molecule has 1 aliphatic carbocycles. The molecule has 5 nitrogen and oxygen atoms in total. The van der Waals surface area contributed by atoms with E-state index in [1.54, 1.807) is 7.05 Å². The first-order valence-electron chi connectivity index (χ1n) is 4.61. The van der Waals surface area contributed by atoms with Gasteiger partial charge in [-0.3, -0.25) is 4.57 Å². The molecule has 2 rings (SSSR count). The fraction of sp³-hybridized carbons (Fsp3) is 0.750. The van der Waals surface area contributed by atoms with Crippen LogP contribution < -0.4 is 11.0 Å². The van der Waals surface area contributed by atoms with Crippen molar-refractivity contribution >= 4 is 0 Å². The molecule has 1 aromatic rings. The Kier molecular flexibility index (Phi) is 2.18. The van der Waals surface area contributed by atoms with Crippen LogP contribution >= 0.6 is 0 Å². The van der Waals surface area contributed by atoms with Crippen LogP contribution in [0.3, 0.4) is 0 Å². The maximum atomic E-state index is 11.0. The average molecular weight is 182 g/mol. The standard InChI is InChI=1S/C8H14N4O/c1-12-7(10-11-8(12)13)5-9-6-3-2-4-6/h6,9H,2-5H2,1H3,(H,11,13). The second-order valence-electron chi connectivity index (χ2n) is 3.51. The lowest BCUT2D eigenvalue weighted by atomic mass is 9.93. The molecule has 0 aromatic carbocycles. The van der Waals surface area contributed by atoms with Gasteiger partial charge in [0.25, 0.3) is 0 Å². The van der Waals surface area contributed by atoms with Crippen LogP contribution in [-0.2, 0) is 13.6 Å². The van der Waals surface area contributed by atoms with Crippen molar-refractivity contribution in [3.63, 3.8) is 0 Å². The molecular weight excluding hydrogens is 168 g/mol. The third-order valence-corrected chi connectivity index (χ3v) is 2.63. The van der Waals surface area contributed by atoms with Crippen LogP contribution in [0.25, 0.3) is 0 Å². The van der Waals surface area contributed by atoms with Gasteiger partial charge in [0.05, 0.1) is 6.54 Å². The first-order chi connectivity index (χ1) is 6.27. The number of hydrogen-bond donors (Lipinski definition) is 2. The highest BCUT2D eigenvalue weighted by molar-refractivity contribution is 4.86. The maximum Gasteiger partial charge on any atom is 0.343 e. The topological polar surface area (TPSA) is 62.7 Å². The molecule has 72 valence electrons. The van der Waals surface area contributed by atoms with E-state index in [0.717, 1.165) is 5.82 Å². The van der Waals surface area contributed by atoms with Gasteiger partial charge >= 0.3 is 5.69 Å². The molecule has 1 aromatic heterocycles. The van der Waals surface area contributed by atoms with Gasteiger partial charge in [-0.2, -0.15) is 5.10 Å². The van der Waals surface area contributed by atoms with Gasteiger partial charge in [0, 0.05) is 13.1 Å². The Bertz CT molecular complexity index is 336. The summed E-state index contributed by atoms with van der Waals surface area (Å²) >= 11 is 0. The van der Waals surface area contributed by atoms with Crippen LogP contribution in [0.4, 0.5) is 0 Å². The minimum Gasteiger partial charge on any atom is -0.307 e. The molecule has 0 spiro atoms. The normalized spacial score (nSPS) is 17.3. The number of nitrogens with zero attached hydrogens (tertiary/aromatic N) is 2. The molecule has 0 unspecified atom stereocenters. The summed E-state index contributed by atoms with van der Waals surface area (Å²) in [4.78, 5) is 11.0. The van der Waals surface area contributed by atoms with Crippen molar-refractivity contribution in [1.82, 2.24) is 20.1 Å². The van der Waals surface area contributed by atoms with Crippen LogP contribution in [0.5, 0.6) is 0 Å². The number of H-pyrrole nitrogens is 1. The van der Waals surface area contributed by atoms with E-state index in [9.17, 15) is 4.79 Å². The van der Waals surface area contributed by atoms with Gasteiger partial charge in [0.2, 0.25) is 0 Å². The molecule has 1 fully saturated rings. The van der Waals surface area contributed by atoms with Crippen molar-refractivity contribution in [3.8, 4) is 0 Å². The highest BCUT2D eigenvalue weighted by Gasteiger charge is 2.17. The van der Waals surface area contributed by atoms with Crippen molar-refractivity contribution in [3.05, 3.63) is 16.3 Å². The Hall–Kier alpha value is -1.10. The summed E-state index contributed by atoms with van der Waals surface area (Å²) < 4.78 is 1.53. The van der Waals surface area contributed by atoms with Gasteiger partial charge in [-0.15, -0.1) is 0 Å². The first-order valence-corrected chi connectivity index (χ1v) is 4.61. The molecule has 1 heterocycles. The van der Waals surface area contributed by atoms with Gasteiger partial charge in [-0.25, -0.2) is 9.89 Å². The number of aromatic amines is 1. The molecule has 0 atom stereocenters. The average Bonchev–Trinajstić information content (AvgIpc) is 2.33. The van der Waals surface area contributed by atoms with E-state index in [2.05, 4.69) is 15.5 Å². The summed E-state index contributed by atoms with van der Waals surface area (Å²) in [5.74, 6) is 0.775. The molecule has 5 heteroatoms. The Morgan fingerprint density at radius 1 is 1.69 bits per heavy atom. The third-order valence-electron chi connectivity index (χ3n) is 2.63. The quantitative estimate of drug-likeness (QED) is 0.677. The zero-order valence-corrected chi connectivity index (χ0v) is 7.71. The van der Waals surface area contributed by atoms with E-state index in [-0.39, 0.29) is 5.69 Å². The number of nitrogens with one attached hydrogen (secondary N) is 2. The molecule has 1 saturated carbocycles. The maximum absolute atomic E-state index is 11.0. The van der Waals surface area contributed by atoms with Crippen LogP contribution in [0.15, 0.2) is 4.79 Å². The molecular formula is C8H14N4O. The zero-order valence-electron chi connectivity index (χ0n) is 7.71. The van der Waals surface area contributed by atoms with Crippen LogP contribution in [0, 0.1) is 0 Å². The summed E-state index contributed by atoms with van der Waals surface area (Å²) in [6.07, 6.45) is 3.81. The number of rotatable bonds is 3. The fourth-order valence-corrected chi connectivity index (χ4v) is 1.39. The van der Waals surface area contributed by atoms with Gasteiger partial charge in [-0.1, -0.05) is 6.42 Å². The highest BCUT2D eigenvalue weighted by Crippen LogP contribution is 2.17. The summed E-state index contributed by atoms with van der Waals surface area (Å²) in [5.41, 5.74) is -0.148. The molecule has 0 aliphatic heterocycles. The Balaban J connectivity index is 1.93. The summed E-state index contributed by atoms with van der Waals surface area (Å²) in [5, 5.41) is 9.67. The molecule has 0 amide bonds. The lowest BCUT2D eigenvalue weighted by Gasteiger charge is -2.26. The lowest BCUT2D eigenvalue weighted by Crippen LogP contribution is -2.35. The van der Waals surface area contributed by atoms with Crippen molar-refractivity contribution in [2.45, 2.75) is 31.8 Å². The SMILES string of the molecule is Cn1c(CNC2CCC2)n[nH]c1=O. The Labute approximate surface area is 76.2 Å². The van der Waals surface area contributed by atoms with Gasteiger partial charge < -0.3 is 5.32 Å². The van der Waals surface area contributed by atoms with Crippen molar-refractivity contribution < 1.29 is 0 Å². The predicted octanol–water partition coefficient (Wildman–Crippen LogP) is -0.249. The van der Waals surface area contributed by atoms with E-state index in [4.69, 9.17) is 0 Å². The van der Waals surface area contributed by atoms with Crippen LogP contribution in [-0.4, -0.2) is 20.8 Å². The molecule has 2 N–H and O–H groups in total. The molecule has 13 heavy (non-hydrogen) atoms. The van der Waals surface area contributed by atoms with Crippen molar-refractivity contribution in [2.24, 2.45) is 7.05 Å². The largest absolute Gasteiger partial charge is 0.343 e. The summed E-state index contributed by atoms with van der Waals surface area (Å²) in [7, 11) is 1.73. The molecule has 1 aliphatic rings. The second-order valence-corrected chi connectivity index (χ2v) is 3.51. The predicted molar refractivity (Wildman–Crippen MR) is 48.3 cm³/mol. The fourth-order valence-electron chi connectivity index (χ4n) is 1.39. The van der Waals surface area contributed by atoms with Crippen molar-refractivity contribution in [2.75, 3.05) is 0 Å². The van der Waals surface area contributed by atoms with Crippen molar-refractivity contribution in [1.29, 1.82) is 0 Å². The number of aromatic nitrogens is 3. The minimum absolute atomic E-state index is 0.148. The first kappa shape index (κ1) is 8.50. The van der Waals surface area contributed by atoms with Gasteiger partial charge in [-0.05, 0) is 12.8 Å². The summed E-state index contributed by atoms with van der Waals surface area (Å²) in [6.45, 7) is 0.680. The third kappa shape index (κ3) is 1.65. The number of hydrogen-bond acceptors (Lipinski definition) is 3. The van der Waals surface area contributed by atoms with Crippen LogP contribution in [0.2, 0.25) is 0 Å². The van der Waals surface area contributed by atoms with Gasteiger partial charge in [0.1, 0.15) is 5.82 Å². The van der Waals surface area contributed by atoms with Crippen LogP contribution in [0.1, 0.15) is 25.1 Å². The van der Waals surface area contributed by atoms with E-state index in [0.29, 0.717) is 12.6 Å². The second kappa shape index (κ2) is 3.33. The Morgan fingerprint density at radius 3 is 2.92 bits per heavy atom. The molecule has 0 bridgehead atoms. The zero-order chi connectivity index (χ0) is 9.26. The van der Waals surface area contributed by atoms with E-state index < -0.39 is 0 Å². The smallest absolute Gasteiger partial charge is 0.307 e.